The molecule has 2 aliphatic heterocycles. The predicted octanol–water partition coefficient (Wildman–Crippen LogP) is 2.71. The Bertz CT molecular complexity index is 671. The van der Waals surface area contributed by atoms with E-state index in [0.717, 1.165) is 49.8 Å². The molecule has 0 aromatic carbocycles. The third-order valence-corrected chi connectivity index (χ3v) is 5.79. The van der Waals surface area contributed by atoms with Gasteiger partial charge in [0, 0.05) is 25.0 Å². The Morgan fingerprint density at radius 1 is 1.25 bits per heavy atom. The molecule has 0 bridgehead atoms. The summed E-state index contributed by atoms with van der Waals surface area (Å²) in [5, 5.41) is 1.96. The first-order chi connectivity index (χ1) is 11.7. The molecule has 2 fully saturated rings. The van der Waals surface area contributed by atoms with E-state index in [1.807, 2.05) is 34.5 Å². The van der Waals surface area contributed by atoms with E-state index in [4.69, 9.17) is 9.15 Å². The van der Waals surface area contributed by atoms with E-state index in [9.17, 15) is 4.79 Å². The molecule has 2 aromatic rings. The van der Waals surface area contributed by atoms with Gasteiger partial charge in [-0.1, -0.05) is 6.07 Å². The molecule has 1 amide bonds. The van der Waals surface area contributed by atoms with Gasteiger partial charge in [-0.25, -0.2) is 0 Å². The van der Waals surface area contributed by atoms with Crippen molar-refractivity contribution in [2.75, 3.05) is 39.4 Å². The van der Waals surface area contributed by atoms with Gasteiger partial charge in [-0.2, -0.15) is 0 Å². The second-order valence-electron chi connectivity index (χ2n) is 6.80. The molecule has 0 aliphatic carbocycles. The number of likely N-dealkylation sites (tertiary alicyclic amines) is 1. The second-order valence-corrected chi connectivity index (χ2v) is 7.74. The first kappa shape index (κ1) is 15.9. The first-order valence-corrected chi connectivity index (χ1v) is 9.27. The lowest BCUT2D eigenvalue weighted by atomic mass is 9.87. The normalized spacial score (nSPS) is 25.2. The molecule has 2 aromatic heterocycles. The van der Waals surface area contributed by atoms with Crippen molar-refractivity contribution in [3.05, 3.63) is 46.5 Å². The van der Waals surface area contributed by atoms with Crippen LogP contribution in [0.2, 0.25) is 0 Å². The van der Waals surface area contributed by atoms with Gasteiger partial charge in [-0.15, -0.1) is 11.3 Å². The molecule has 0 N–H and O–H groups in total. The van der Waals surface area contributed by atoms with E-state index in [-0.39, 0.29) is 11.3 Å². The molecule has 6 heteroatoms. The molecule has 2 saturated heterocycles. The summed E-state index contributed by atoms with van der Waals surface area (Å²) in [5.41, 5.74) is 0.0377. The zero-order valence-electron chi connectivity index (χ0n) is 13.6. The molecule has 2 aliphatic rings. The molecular formula is C18H22N2O3S. The van der Waals surface area contributed by atoms with Gasteiger partial charge in [0.1, 0.15) is 5.76 Å². The fourth-order valence-electron chi connectivity index (χ4n) is 3.75. The smallest absolute Gasteiger partial charge is 0.264 e. The van der Waals surface area contributed by atoms with Gasteiger partial charge in [-0.05, 0) is 36.5 Å². The largest absolute Gasteiger partial charge is 0.468 e. The van der Waals surface area contributed by atoms with E-state index in [1.165, 1.54) is 11.3 Å². The first-order valence-electron chi connectivity index (χ1n) is 8.39. The summed E-state index contributed by atoms with van der Waals surface area (Å²) in [6.45, 7) is 5.60. The van der Waals surface area contributed by atoms with Crippen molar-refractivity contribution in [1.82, 2.24) is 9.80 Å². The highest BCUT2D eigenvalue weighted by atomic mass is 32.1. The summed E-state index contributed by atoms with van der Waals surface area (Å²) >= 11 is 1.51. The maximum absolute atomic E-state index is 12.7. The molecule has 24 heavy (non-hydrogen) atoms. The zero-order chi connectivity index (χ0) is 16.4. The summed E-state index contributed by atoms with van der Waals surface area (Å²) in [4.78, 5) is 17.9. The molecule has 0 radical (unpaired) electrons. The van der Waals surface area contributed by atoms with Crippen LogP contribution in [0, 0.1) is 5.41 Å². The van der Waals surface area contributed by atoms with Gasteiger partial charge in [0.2, 0.25) is 0 Å². The van der Waals surface area contributed by atoms with Crippen LogP contribution in [0.3, 0.4) is 0 Å². The number of carbonyl (C=O) groups excluding carboxylic acids is 1. The third kappa shape index (κ3) is 3.27. The standard InChI is InChI=1S/C18H22N2O3S/c21-17(16-4-2-10-24-16)20-7-9-22-14-18(13-20)5-6-19(12-18)11-15-3-1-8-23-15/h1-4,8,10H,5-7,9,11-14H2. The van der Waals surface area contributed by atoms with Gasteiger partial charge >= 0.3 is 0 Å². The molecular weight excluding hydrogens is 324 g/mol. The molecule has 1 unspecified atom stereocenters. The average molecular weight is 346 g/mol. The summed E-state index contributed by atoms with van der Waals surface area (Å²) in [7, 11) is 0. The minimum absolute atomic E-state index is 0.0377. The third-order valence-electron chi connectivity index (χ3n) is 4.94. The van der Waals surface area contributed by atoms with Gasteiger partial charge in [-0.3, -0.25) is 9.69 Å². The van der Waals surface area contributed by atoms with E-state index >= 15 is 0 Å². The van der Waals surface area contributed by atoms with Crippen molar-refractivity contribution in [2.24, 2.45) is 5.41 Å². The SMILES string of the molecule is O=C(c1cccs1)N1CCOCC2(CCN(Cc3ccco3)C2)C1. The number of furan rings is 1. The van der Waals surface area contributed by atoms with Gasteiger partial charge in [0.25, 0.3) is 5.91 Å². The van der Waals surface area contributed by atoms with Crippen LogP contribution in [-0.4, -0.2) is 55.1 Å². The van der Waals surface area contributed by atoms with Crippen LogP contribution >= 0.6 is 11.3 Å². The summed E-state index contributed by atoms with van der Waals surface area (Å²) < 4.78 is 11.3. The van der Waals surface area contributed by atoms with Crippen molar-refractivity contribution < 1.29 is 13.9 Å². The summed E-state index contributed by atoms with van der Waals surface area (Å²) in [6.07, 6.45) is 2.78. The van der Waals surface area contributed by atoms with E-state index in [2.05, 4.69) is 4.90 Å². The molecule has 1 spiro atoms. The molecule has 0 saturated carbocycles. The Morgan fingerprint density at radius 2 is 2.21 bits per heavy atom. The van der Waals surface area contributed by atoms with E-state index < -0.39 is 0 Å². The lowest BCUT2D eigenvalue weighted by Crippen LogP contribution is -2.43. The minimum Gasteiger partial charge on any atom is -0.468 e. The Balaban J connectivity index is 1.45. The maximum atomic E-state index is 12.7. The fourth-order valence-corrected chi connectivity index (χ4v) is 4.45. The van der Waals surface area contributed by atoms with Crippen LogP contribution in [0.5, 0.6) is 0 Å². The highest BCUT2D eigenvalue weighted by Gasteiger charge is 2.42. The van der Waals surface area contributed by atoms with Crippen molar-refractivity contribution in [2.45, 2.75) is 13.0 Å². The van der Waals surface area contributed by atoms with Crippen LogP contribution in [0.1, 0.15) is 21.9 Å². The highest BCUT2D eigenvalue weighted by molar-refractivity contribution is 7.12. The number of thiophene rings is 1. The Morgan fingerprint density at radius 3 is 3.00 bits per heavy atom. The number of carbonyl (C=O) groups is 1. The lowest BCUT2D eigenvalue weighted by molar-refractivity contribution is 0.0643. The number of amides is 1. The van der Waals surface area contributed by atoms with E-state index in [0.29, 0.717) is 13.2 Å². The zero-order valence-corrected chi connectivity index (χ0v) is 14.5. The predicted molar refractivity (Wildman–Crippen MR) is 92.1 cm³/mol. The molecule has 128 valence electrons. The van der Waals surface area contributed by atoms with Crippen LogP contribution < -0.4 is 0 Å². The van der Waals surface area contributed by atoms with Gasteiger partial charge in [0.15, 0.2) is 0 Å². The fraction of sp³-hybridized carbons (Fsp3) is 0.500. The molecule has 4 rings (SSSR count). The van der Waals surface area contributed by atoms with Crippen molar-refractivity contribution >= 4 is 17.2 Å². The van der Waals surface area contributed by atoms with Gasteiger partial charge in [0.05, 0.1) is 30.9 Å². The number of hydrogen-bond acceptors (Lipinski definition) is 5. The van der Waals surface area contributed by atoms with Crippen molar-refractivity contribution in [1.29, 1.82) is 0 Å². The van der Waals surface area contributed by atoms with Crippen LogP contribution in [0.15, 0.2) is 40.3 Å². The van der Waals surface area contributed by atoms with Crippen molar-refractivity contribution in [3.63, 3.8) is 0 Å². The summed E-state index contributed by atoms with van der Waals surface area (Å²) in [5.74, 6) is 1.13. The second kappa shape index (κ2) is 6.70. The lowest BCUT2D eigenvalue weighted by Gasteiger charge is -2.31. The Kier molecular flexibility index (Phi) is 4.43. The number of hydrogen-bond donors (Lipinski definition) is 0. The Labute approximate surface area is 145 Å². The molecule has 1 atom stereocenters. The van der Waals surface area contributed by atoms with Crippen molar-refractivity contribution in [3.8, 4) is 0 Å². The minimum atomic E-state index is 0.0377. The highest BCUT2D eigenvalue weighted by Crippen LogP contribution is 2.34. The van der Waals surface area contributed by atoms with Crippen LogP contribution in [0.25, 0.3) is 0 Å². The quantitative estimate of drug-likeness (QED) is 0.857. The number of nitrogens with zero attached hydrogens (tertiary/aromatic N) is 2. The van der Waals surface area contributed by atoms with Gasteiger partial charge < -0.3 is 14.1 Å². The number of ether oxygens (including phenoxy) is 1. The summed E-state index contributed by atoms with van der Waals surface area (Å²) in [6, 6.07) is 7.78. The van der Waals surface area contributed by atoms with Crippen LogP contribution in [0.4, 0.5) is 0 Å². The molecule has 5 nitrogen and oxygen atoms in total. The Hall–Kier alpha value is -1.63. The molecule has 4 heterocycles. The average Bonchev–Trinajstić information content (AvgIpc) is 3.30. The number of rotatable bonds is 3. The topological polar surface area (TPSA) is 45.9 Å². The van der Waals surface area contributed by atoms with E-state index in [1.54, 1.807) is 6.26 Å². The monoisotopic (exact) mass is 346 g/mol. The van der Waals surface area contributed by atoms with Crippen LogP contribution in [-0.2, 0) is 11.3 Å². The maximum Gasteiger partial charge on any atom is 0.264 e.